The summed E-state index contributed by atoms with van der Waals surface area (Å²) in [5.41, 5.74) is 0. The number of ether oxygens (including phenoxy) is 12. The molecule has 1 rings (SSSR count). The largest absolute Gasteiger partial charge is 0.463 e. The van der Waals surface area contributed by atoms with Crippen LogP contribution < -0.4 is 0 Å². The summed E-state index contributed by atoms with van der Waals surface area (Å²) in [6.45, 7) is 11.9. The van der Waals surface area contributed by atoms with Crippen LogP contribution in [0, 0.1) is 0 Å². The van der Waals surface area contributed by atoms with Crippen LogP contribution in [0.3, 0.4) is 0 Å². The van der Waals surface area contributed by atoms with E-state index < -0.39 is 10.1 Å². The van der Waals surface area contributed by atoms with Gasteiger partial charge in [-0.1, -0.05) is 50.8 Å². The molecule has 0 amide bonds. The van der Waals surface area contributed by atoms with Crippen molar-refractivity contribution in [1.82, 2.24) is 0 Å². The predicted octanol–water partition coefficient (Wildman–Crippen LogP) is 3.48. The highest BCUT2D eigenvalue weighted by atomic mass is 32.2. The highest BCUT2D eigenvalue weighted by Crippen LogP contribution is 2.11. The highest BCUT2D eigenvalue weighted by Gasteiger charge is 2.13. The number of esters is 1. The number of benzene rings is 1. The molecule has 0 radical (unpaired) electrons. The average Bonchev–Trinajstić information content (AvgIpc) is 3.19. The second-order valence-corrected chi connectivity index (χ2v) is 13.3. The van der Waals surface area contributed by atoms with E-state index in [1.165, 1.54) is 31.4 Å². The maximum Gasteiger partial charge on any atom is 0.305 e. The number of hydrogen-bond acceptors (Lipinski definition) is 16. The van der Waals surface area contributed by atoms with Crippen molar-refractivity contribution in [3.05, 3.63) is 30.3 Å². The van der Waals surface area contributed by atoms with Crippen molar-refractivity contribution < 1.29 is 74.2 Å². The fourth-order valence-electron chi connectivity index (χ4n) is 4.32. The lowest BCUT2D eigenvalue weighted by atomic mass is 10.1. The van der Waals surface area contributed by atoms with E-state index in [0.717, 1.165) is 12.8 Å². The molecule has 0 unspecified atom stereocenters. The molecule has 0 aliphatic rings. The van der Waals surface area contributed by atoms with Crippen molar-refractivity contribution in [1.29, 1.82) is 0 Å². The molecule has 0 saturated heterocycles. The van der Waals surface area contributed by atoms with E-state index in [4.69, 9.17) is 61.0 Å². The second kappa shape index (κ2) is 40.4. The number of rotatable bonds is 44. The molecule has 322 valence electrons. The van der Waals surface area contributed by atoms with Crippen LogP contribution >= 0.6 is 0 Å². The van der Waals surface area contributed by atoms with Crippen LogP contribution in [0.4, 0.5) is 0 Å². The zero-order valence-corrected chi connectivity index (χ0v) is 33.9. The molecule has 0 N–H and O–H groups in total. The first kappa shape index (κ1) is 51.2. The van der Waals surface area contributed by atoms with Crippen molar-refractivity contribution in [3.8, 4) is 0 Å². The van der Waals surface area contributed by atoms with Gasteiger partial charge in [-0.15, -0.1) is 0 Å². The van der Waals surface area contributed by atoms with Gasteiger partial charge in [0.2, 0.25) is 0 Å². The predicted molar refractivity (Wildman–Crippen MR) is 203 cm³/mol. The summed E-state index contributed by atoms with van der Waals surface area (Å²) < 4.78 is 94.0. The van der Waals surface area contributed by atoms with Crippen LogP contribution in [-0.2, 0) is 75.9 Å². The van der Waals surface area contributed by atoms with Gasteiger partial charge in [-0.2, -0.15) is 8.42 Å². The summed E-state index contributed by atoms with van der Waals surface area (Å²) in [6.07, 6.45) is 6.03. The minimum atomic E-state index is -3.76. The molecule has 1 aromatic rings. The molecule has 0 heterocycles. The van der Waals surface area contributed by atoms with Crippen molar-refractivity contribution in [3.63, 3.8) is 0 Å². The molecule has 0 saturated carbocycles. The number of carbonyl (C=O) groups is 1. The first-order chi connectivity index (χ1) is 27.1. The lowest BCUT2D eigenvalue weighted by Gasteiger charge is -2.09. The third-order valence-electron chi connectivity index (χ3n) is 7.19. The normalized spacial score (nSPS) is 11.7. The molecule has 0 spiro atoms. The van der Waals surface area contributed by atoms with Gasteiger partial charge in [0.25, 0.3) is 10.1 Å². The first-order valence-electron chi connectivity index (χ1n) is 19.5. The van der Waals surface area contributed by atoms with Crippen molar-refractivity contribution in [2.75, 3.05) is 159 Å². The van der Waals surface area contributed by atoms with Gasteiger partial charge in [-0.3, -0.25) is 8.98 Å². The Morgan fingerprint density at radius 2 is 0.727 bits per heavy atom. The number of hydrogen-bond donors (Lipinski definition) is 0. The molecule has 0 fully saturated rings. The van der Waals surface area contributed by atoms with E-state index in [-0.39, 0.29) is 30.7 Å². The highest BCUT2D eigenvalue weighted by molar-refractivity contribution is 7.86. The Balaban J connectivity index is 1.65. The Labute approximate surface area is 329 Å². The van der Waals surface area contributed by atoms with Gasteiger partial charge >= 0.3 is 5.97 Å². The summed E-state index contributed by atoms with van der Waals surface area (Å²) in [4.78, 5) is 11.7. The van der Waals surface area contributed by atoms with E-state index in [9.17, 15) is 13.2 Å². The van der Waals surface area contributed by atoms with Crippen molar-refractivity contribution in [2.24, 2.45) is 0 Å². The molecule has 0 bridgehead atoms. The summed E-state index contributed by atoms with van der Waals surface area (Å²) >= 11 is 0. The Hall–Kier alpha value is -1.84. The maximum absolute atomic E-state index is 12.0. The summed E-state index contributed by atoms with van der Waals surface area (Å²) in [5.74, 6) is -0.155. The molecule has 17 heteroatoms. The Kier molecular flexibility index (Phi) is 37.6. The molecular formula is C38H68O16S. The lowest BCUT2D eigenvalue weighted by Crippen LogP contribution is -2.16. The fraction of sp³-hybridized carbons (Fsp3) is 0.816. The van der Waals surface area contributed by atoms with Gasteiger partial charge in [0.1, 0.15) is 6.61 Å². The van der Waals surface area contributed by atoms with Crippen LogP contribution in [0.15, 0.2) is 35.2 Å². The monoisotopic (exact) mass is 812 g/mol. The van der Waals surface area contributed by atoms with Gasteiger partial charge in [-0.25, -0.2) is 0 Å². The van der Waals surface area contributed by atoms with Crippen LogP contribution in [-0.4, -0.2) is 173 Å². The van der Waals surface area contributed by atoms with Crippen LogP contribution in [0.2, 0.25) is 0 Å². The van der Waals surface area contributed by atoms with Crippen LogP contribution in [0.5, 0.6) is 0 Å². The average molecular weight is 813 g/mol. The topological polar surface area (TPSA) is 171 Å². The molecular weight excluding hydrogens is 744 g/mol. The second-order valence-electron chi connectivity index (χ2n) is 11.7. The summed E-state index contributed by atoms with van der Waals surface area (Å²) in [5, 5.41) is 0. The third kappa shape index (κ3) is 36.3. The number of unbranched alkanes of at least 4 members (excludes halogenated alkanes) is 4. The molecule has 0 aromatic heterocycles. The van der Waals surface area contributed by atoms with Gasteiger partial charge in [0.15, 0.2) is 0 Å². The van der Waals surface area contributed by atoms with Crippen molar-refractivity contribution >= 4 is 16.1 Å². The van der Waals surface area contributed by atoms with Crippen molar-refractivity contribution in [2.45, 2.75) is 50.3 Å². The van der Waals surface area contributed by atoms with Gasteiger partial charge in [0.05, 0.1) is 157 Å². The van der Waals surface area contributed by atoms with Crippen LogP contribution in [0.1, 0.15) is 45.4 Å². The molecule has 0 aliphatic carbocycles. The van der Waals surface area contributed by atoms with E-state index in [2.05, 4.69) is 6.92 Å². The van der Waals surface area contributed by atoms with E-state index in [1.807, 2.05) is 0 Å². The minimum absolute atomic E-state index is 0.0630. The smallest absolute Gasteiger partial charge is 0.305 e. The lowest BCUT2D eigenvalue weighted by molar-refractivity contribution is -0.145. The van der Waals surface area contributed by atoms with Gasteiger partial charge in [-0.05, 0) is 18.6 Å². The number of carbonyl (C=O) groups excluding carboxylic acids is 1. The zero-order chi connectivity index (χ0) is 39.6. The third-order valence-corrected chi connectivity index (χ3v) is 8.52. The zero-order valence-electron chi connectivity index (χ0n) is 33.0. The Morgan fingerprint density at radius 1 is 0.418 bits per heavy atom. The van der Waals surface area contributed by atoms with Gasteiger partial charge in [0, 0.05) is 6.42 Å². The first-order valence-corrected chi connectivity index (χ1v) is 20.9. The quantitative estimate of drug-likeness (QED) is 0.0533. The molecule has 55 heavy (non-hydrogen) atoms. The Bertz CT molecular complexity index is 1050. The molecule has 16 nitrogen and oxygen atoms in total. The SMILES string of the molecule is CCCCCCCC(=O)OCCOCCOCCOCCOCCOCCOCCOCCOCCOCCOCCOCCOS(=O)(=O)c1ccccc1. The molecule has 1 aromatic carbocycles. The Morgan fingerprint density at radius 3 is 1.07 bits per heavy atom. The van der Waals surface area contributed by atoms with E-state index in [0.29, 0.717) is 145 Å². The standard InChI is InChI=1S/C38H68O16S/c1-2-3-4-5-9-12-38(39)53-35-33-51-31-29-49-27-25-47-23-21-45-19-17-43-15-13-42-14-16-44-18-20-46-22-24-48-26-28-50-30-32-52-34-36-54-55(40,41)37-10-7-6-8-11-37/h6-8,10-11H,2-5,9,12-36H2,1H3. The van der Waals surface area contributed by atoms with E-state index >= 15 is 0 Å². The van der Waals surface area contributed by atoms with Crippen LogP contribution in [0.25, 0.3) is 0 Å². The van der Waals surface area contributed by atoms with Gasteiger partial charge < -0.3 is 56.8 Å². The van der Waals surface area contributed by atoms with E-state index in [1.54, 1.807) is 18.2 Å². The maximum atomic E-state index is 12.0. The fourth-order valence-corrected chi connectivity index (χ4v) is 5.23. The molecule has 0 atom stereocenters. The molecule has 0 aliphatic heterocycles. The minimum Gasteiger partial charge on any atom is -0.463 e. The summed E-state index contributed by atoms with van der Waals surface area (Å²) in [6, 6.07) is 7.97. The summed E-state index contributed by atoms with van der Waals surface area (Å²) in [7, 11) is -3.76.